The first-order valence-electron chi connectivity index (χ1n) is 9.12. The van der Waals surface area contributed by atoms with Gasteiger partial charge in [-0.05, 0) is 37.3 Å². The Morgan fingerprint density at radius 1 is 1.04 bits per heavy atom. The first-order valence-corrected chi connectivity index (χ1v) is 10.8. The largest absolute Gasteiger partial charge is 0.297 e. The summed E-state index contributed by atoms with van der Waals surface area (Å²) in [6.45, 7) is 1.53. The molecule has 0 saturated heterocycles. The highest BCUT2D eigenvalue weighted by Crippen LogP contribution is 2.33. The second-order valence-corrected chi connectivity index (χ2v) is 8.83. The van der Waals surface area contributed by atoms with Crippen LogP contribution >= 0.6 is 22.7 Å². The molecule has 2 aromatic heterocycles. The first-order chi connectivity index (χ1) is 13.1. The molecule has 3 aromatic rings. The van der Waals surface area contributed by atoms with Gasteiger partial charge in [-0.3, -0.25) is 14.9 Å². The molecule has 0 fully saturated rings. The molecule has 1 aliphatic rings. The van der Waals surface area contributed by atoms with Crippen molar-refractivity contribution in [2.75, 3.05) is 5.32 Å². The molecule has 0 atom stereocenters. The first kappa shape index (κ1) is 18.1. The Kier molecular flexibility index (Phi) is 5.18. The molecule has 0 unspecified atom stereocenters. The van der Waals surface area contributed by atoms with E-state index in [2.05, 4.69) is 10.3 Å². The number of rotatable bonds is 4. The molecule has 0 radical (unpaired) electrons. The van der Waals surface area contributed by atoms with Crippen LogP contribution in [0.4, 0.5) is 5.13 Å². The van der Waals surface area contributed by atoms with Gasteiger partial charge < -0.3 is 0 Å². The Balaban J connectivity index is 1.59. The number of nitrogens with zero attached hydrogens (tertiary/aromatic N) is 1. The van der Waals surface area contributed by atoms with Crippen molar-refractivity contribution in [1.29, 1.82) is 0 Å². The van der Waals surface area contributed by atoms with Crippen molar-refractivity contribution in [3.05, 3.63) is 56.6 Å². The van der Waals surface area contributed by atoms with Gasteiger partial charge in [-0.1, -0.05) is 48.1 Å². The lowest BCUT2D eigenvalue weighted by Gasteiger charge is -1.99. The number of aryl methyl sites for hydroxylation is 2. The lowest BCUT2D eigenvalue weighted by molar-refractivity contribution is 0.101. The minimum Gasteiger partial charge on any atom is -0.297 e. The highest BCUT2D eigenvalue weighted by Gasteiger charge is 2.20. The molecule has 4 nitrogen and oxygen atoms in total. The van der Waals surface area contributed by atoms with Crippen LogP contribution in [0.15, 0.2) is 36.4 Å². The van der Waals surface area contributed by atoms with Gasteiger partial charge in [0, 0.05) is 17.4 Å². The van der Waals surface area contributed by atoms with Crippen molar-refractivity contribution in [2.45, 2.75) is 39.0 Å². The third-order valence-corrected chi connectivity index (χ3v) is 6.99. The van der Waals surface area contributed by atoms with E-state index in [9.17, 15) is 9.59 Å². The summed E-state index contributed by atoms with van der Waals surface area (Å²) in [6.07, 6.45) is 5.78. The second-order valence-electron chi connectivity index (χ2n) is 6.69. The number of ketones is 1. The molecule has 0 aliphatic heterocycles. The van der Waals surface area contributed by atoms with E-state index in [1.54, 1.807) is 11.3 Å². The number of carbonyl (C=O) groups excluding carboxylic acids is 2. The number of fused-ring (bicyclic) bond motifs is 1. The van der Waals surface area contributed by atoms with Gasteiger partial charge in [-0.2, -0.15) is 0 Å². The molecule has 27 heavy (non-hydrogen) atoms. The summed E-state index contributed by atoms with van der Waals surface area (Å²) in [6, 6.07) is 11.6. The summed E-state index contributed by atoms with van der Waals surface area (Å²) < 4.78 is 0. The number of amides is 1. The van der Waals surface area contributed by atoms with Gasteiger partial charge in [0.25, 0.3) is 5.91 Å². The second kappa shape index (κ2) is 7.74. The summed E-state index contributed by atoms with van der Waals surface area (Å²) in [7, 11) is 0. The number of carbonyl (C=O) groups is 2. The van der Waals surface area contributed by atoms with Crippen molar-refractivity contribution in [2.24, 2.45) is 0 Å². The van der Waals surface area contributed by atoms with Crippen molar-refractivity contribution in [3.8, 4) is 11.3 Å². The van der Waals surface area contributed by atoms with Crippen molar-refractivity contribution >= 4 is 39.5 Å². The van der Waals surface area contributed by atoms with E-state index in [4.69, 9.17) is 0 Å². The van der Waals surface area contributed by atoms with Gasteiger partial charge in [0.1, 0.15) is 0 Å². The molecule has 0 bridgehead atoms. The zero-order valence-electron chi connectivity index (χ0n) is 15.1. The summed E-state index contributed by atoms with van der Waals surface area (Å²) in [5.41, 5.74) is 2.82. The Labute approximate surface area is 166 Å². The number of anilines is 1. The van der Waals surface area contributed by atoms with E-state index in [-0.39, 0.29) is 11.7 Å². The molecular formula is C21H20N2O2S2. The monoisotopic (exact) mass is 396 g/mol. The van der Waals surface area contributed by atoms with Crippen LogP contribution in [-0.4, -0.2) is 16.7 Å². The average Bonchev–Trinajstić information content (AvgIpc) is 3.21. The molecule has 4 rings (SSSR count). The Bertz CT molecular complexity index is 966. The van der Waals surface area contributed by atoms with E-state index in [1.165, 1.54) is 48.0 Å². The molecule has 2 heterocycles. The van der Waals surface area contributed by atoms with Crippen LogP contribution in [0.1, 0.15) is 56.0 Å². The smallest absolute Gasteiger partial charge is 0.267 e. The highest BCUT2D eigenvalue weighted by atomic mass is 32.1. The number of benzene rings is 1. The topological polar surface area (TPSA) is 59.1 Å². The van der Waals surface area contributed by atoms with E-state index in [0.717, 1.165) is 23.3 Å². The van der Waals surface area contributed by atoms with Crippen molar-refractivity contribution < 1.29 is 9.59 Å². The van der Waals surface area contributed by atoms with Crippen LogP contribution in [0.3, 0.4) is 0 Å². The molecule has 1 N–H and O–H groups in total. The summed E-state index contributed by atoms with van der Waals surface area (Å²) in [5, 5.41) is 3.36. The van der Waals surface area contributed by atoms with E-state index < -0.39 is 0 Å². The third kappa shape index (κ3) is 3.87. The number of hydrogen-bond donors (Lipinski definition) is 1. The number of aromatic nitrogens is 1. The van der Waals surface area contributed by atoms with Crippen molar-refractivity contribution in [1.82, 2.24) is 4.98 Å². The molecule has 1 aliphatic carbocycles. The zero-order chi connectivity index (χ0) is 18.8. The third-order valence-electron chi connectivity index (χ3n) is 4.68. The van der Waals surface area contributed by atoms with Gasteiger partial charge in [-0.15, -0.1) is 11.3 Å². The fraction of sp³-hybridized carbons (Fsp3) is 0.286. The molecule has 1 amide bonds. The van der Waals surface area contributed by atoms with Crippen LogP contribution in [-0.2, 0) is 12.8 Å². The Morgan fingerprint density at radius 2 is 1.81 bits per heavy atom. The minimum absolute atomic E-state index is 0.0466. The number of nitrogens with one attached hydrogen (secondary N) is 1. The maximum atomic E-state index is 12.7. The van der Waals surface area contributed by atoms with Gasteiger partial charge in [0.15, 0.2) is 10.9 Å². The molecule has 0 saturated carbocycles. The van der Waals surface area contributed by atoms with Crippen LogP contribution < -0.4 is 5.32 Å². The normalized spacial score (nSPS) is 13.7. The number of Topliss-reactive ketones (excluding diaryl/α,β-unsaturated/α-hetero) is 1. The fourth-order valence-corrected chi connectivity index (χ4v) is 5.37. The lowest BCUT2D eigenvalue weighted by Crippen LogP contribution is -2.09. The van der Waals surface area contributed by atoms with Crippen LogP contribution in [0, 0.1) is 0 Å². The van der Waals surface area contributed by atoms with Gasteiger partial charge in [-0.25, -0.2) is 4.98 Å². The maximum Gasteiger partial charge on any atom is 0.267 e. The van der Waals surface area contributed by atoms with Crippen LogP contribution in [0.25, 0.3) is 11.3 Å². The zero-order valence-corrected chi connectivity index (χ0v) is 16.7. The maximum absolute atomic E-state index is 12.7. The summed E-state index contributed by atoms with van der Waals surface area (Å²) in [5.74, 6) is -0.189. The summed E-state index contributed by atoms with van der Waals surface area (Å²) >= 11 is 2.82. The van der Waals surface area contributed by atoms with E-state index >= 15 is 0 Å². The number of thiophene rings is 1. The van der Waals surface area contributed by atoms with Gasteiger partial charge in [0.2, 0.25) is 0 Å². The highest BCUT2D eigenvalue weighted by molar-refractivity contribution is 7.18. The quantitative estimate of drug-likeness (QED) is 0.461. The predicted octanol–water partition coefficient (Wildman–Crippen LogP) is 5.60. The molecule has 6 heteroatoms. The summed E-state index contributed by atoms with van der Waals surface area (Å²) in [4.78, 5) is 31.9. The fourth-order valence-electron chi connectivity index (χ4n) is 3.34. The minimum atomic E-state index is -0.142. The average molecular weight is 397 g/mol. The number of hydrogen-bond acceptors (Lipinski definition) is 5. The van der Waals surface area contributed by atoms with E-state index in [0.29, 0.717) is 15.7 Å². The molecule has 1 aromatic carbocycles. The van der Waals surface area contributed by atoms with Crippen LogP contribution in [0.5, 0.6) is 0 Å². The SMILES string of the molecule is CC(=O)c1sc(NC(=O)c2cc3c(s2)CCCCC3)nc1-c1ccccc1. The van der Waals surface area contributed by atoms with Gasteiger partial charge >= 0.3 is 0 Å². The molecular weight excluding hydrogens is 376 g/mol. The Morgan fingerprint density at radius 3 is 2.59 bits per heavy atom. The number of thiazole rings is 1. The van der Waals surface area contributed by atoms with Crippen molar-refractivity contribution in [3.63, 3.8) is 0 Å². The standard InChI is InChI=1S/C21H20N2O2S2/c1-13(24)19-18(14-8-4-2-5-9-14)22-21(27-19)23-20(25)17-12-15-10-6-3-7-11-16(15)26-17/h2,4-5,8-9,12H,3,6-7,10-11H2,1H3,(H,22,23,25). The lowest BCUT2D eigenvalue weighted by atomic mass is 10.1. The van der Waals surface area contributed by atoms with E-state index in [1.807, 2.05) is 36.4 Å². The van der Waals surface area contributed by atoms with Crippen LogP contribution in [0.2, 0.25) is 0 Å². The molecule has 0 spiro atoms. The predicted molar refractivity (Wildman–Crippen MR) is 111 cm³/mol. The Hall–Kier alpha value is -2.31. The molecule has 138 valence electrons. The van der Waals surface area contributed by atoms with Gasteiger partial charge in [0.05, 0.1) is 15.4 Å².